The van der Waals surface area contributed by atoms with Gasteiger partial charge in [0.15, 0.2) is 6.29 Å². The zero-order valence-corrected chi connectivity index (χ0v) is 9.98. The van der Waals surface area contributed by atoms with Crippen molar-refractivity contribution < 1.29 is 19.4 Å². The van der Waals surface area contributed by atoms with Crippen molar-refractivity contribution in [1.29, 1.82) is 0 Å². The molecule has 1 rings (SSSR count). The van der Waals surface area contributed by atoms with Crippen LogP contribution in [0.3, 0.4) is 0 Å². The summed E-state index contributed by atoms with van der Waals surface area (Å²) in [4.78, 5) is 10.3. The van der Waals surface area contributed by atoms with Gasteiger partial charge in [0, 0.05) is 13.0 Å². The van der Waals surface area contributed by atoms with Crippen LogP contribution in [-0.2, 0) is 14.3 Å². The first-order chi connectivity index (χ1) is 7.68. The van der Waals surface area contributed by atoms with Gasteiger partial charge in [0.05, 0.1) is 6.10 Å². The van der Waals surface area contributed by atoms with Gasteiger partial charge < -0.3 is 14.6 Å². The maximum Gasteiger partial charge on any atom is 0.303 e. The van der Waals surface area contributed by atoms with Crippen LogP contribution in [0.15, 0.2) is 0 Å². The zero-order chi connectivity index (χ0) is 11.8. The third kappa shape index (κ3) is 6.08. The van der Waals surface area contributed by atoms with E-state index in [0.717, 1.165) is 38.7 Å². The summed E-state index contributed by atoms with van der Waals surface area (Å²) in [5, 5.41) is 8.49. The van der Waals surface area contributed by atoms with E-state index in [1.807, 2.05) is 6.92 Å². The summed E-state index contributed by atoms with van der Waals surface area (Å²) < 4.78 is 11.2. The average molecular weight is 230 g/mol. The molecule has 1 saturated heterocycles. The van der Waals surface area contributed by atoms with E-state index in [4.69, 9.17) is 14.6 Å². The molecule has 16 heavy (non-hydrogen) atoms. The molecule has 0 aromatic carbocycles. The monoisotopic (exact) mass is 230 g/mol. The Morgan fingerprint density at radius 3 is 2.94 bits per heavy atom. The van der Waals surface area contributed by atoms with Crippen LogP contribution in [0.2, 0.25) is 0 Å². The van der Waals surface area contributed by atoms with E-state index in [0.29, 0.717) is 0 Å². The minimum absolute atomic E-state index is 0.0387. The molecule has 4 heteroatoms. The van der Waals surface area contributed by atoms with Gasteiger partial charge in [-0.25, -0.2) is 0 Å². The Hall–Kier alpha value is -0.610. The first kappa shape index (κ1) is 13.5. The fourth-order valence-electron chi connectivity index (χ4n) is 1.85. The average Bonchev–Trinajstić information content (AvgIpc) is 2.25. The lowest BCUT2D eigenvalue weighted by Gasteiger charge is -2.26. The number of carbonyl (C=O) groups is 1. The normalized spacial score (nSPS) is 22.9. The van der Waals surface area contributed by atoms with Crippen molar-refractivity contribution in [2.75, 3.05) is 6.61 Å². The second-order valence-corrected chi connectivity index (χ2v) is 4.38. The van der Waals surface area contributed by atoms with Gasteiger partial charge in [0.1, 0.15) is 0 Å². The Bertz CT molecular complexity index is 199. The molecule has 1 unspecified atom stereocenters. The lowest BCUT2D eigenvalue weighted by Crippen LogP contribution is -2.26. The minimum atomic E-state index is -0.718. The number of aliphatic carboxylic acids is 1. The van der Waals surface area contributed by atoms with E-state index in [1.54, 1.807) is 0 Å². The van der Waals surface area contributed by atoms with Gasteiger partial charge in [0.25, 0.3) is 0 Å². The topological polar surface area (TPSA) is 55.8 Å². The highest BCUT2D eigenvalue weighted by molar-refractivity contribution is 5.66. The Morgan fingerprint density at radius 1 is 1.50 bits per heavy atom. The molecule has 1 aliphatic heterocycles. The summed E-state index contributed by atoms with van der Waals surface area (Å²) in [6, 6.07) is 0. The smallest absolute Gasteiger partial charge is 0.303 e. The quantitative estimate of drug-likeness (QED) is 0.683. The standard InChI is InChI=1S/C12H22O4/c1-10(6-2-3-7-11(13)14)16-12-8-4-5-9-15-12/h10,12H,2-9H2,1H3,(H,13,14)/t10-,12?/m1/s1. The zero-order valence-electron chi connectivity index (χ0n) is 9.98. The summed E-state index contributed by atoms with van der Waals surface area (Å²) in [6.07, 6.45) is 6.22. The maximum absolute atomic E-state index is 10.3. The molecule has 0 amide bonds. The summed E-state index contributed by atoms with van der Waals surface area (Å²) in [6.45, 7) is 2.83. The van der Waals surface area contributed by atoms with Crippen molar-refractivity contribution >= 4 is 5.97 Å². The van der Waals surface area contributed by atoms with Gasteiger partial charge in [0.2, 0.25) is 0 Å². The molecular weight excluding hydrogens is 208 g/mol. The van der Waals surface area contributed by atoms with Gasteiger partial charge >= 0.3 is 5.97 Å². The van der Waals surface area contributed by atoms with Crippen molar-refractivity contribution in [3.8, 4) is 0 Å². The van der Waals surface area contributed by atoms with Crippen molar-refractivity contribution in [3.05, 3.63) is 0 Å². The van der Waals surface area contributed by atoms with Gasteiger partial charge in [-0.05, 0) is 39.0 Å². The Balaban J connectivity index is 2.01. The second kappa shape index (κ2) is 7.63. The highest BCUT2D eigenvalue weighted by Gasteiger charge is 2.16. The molecule has 1 heterocycles. The van der Waals surface area contributed by atoms with Crippen LogP contribution in [0.1, 0.15) is 51.9 Å². The molecule has 2 atom stereocenters. The van der Waals surface area contributed by atoms with E-state index < -0.39 is 5.97 Å². The van der Waals surface area contributed by atoms with Crippen LogP contribution in [0, 0.1) is 0 Å². The highest BCUT2D eigenvalue weighted by Crippen LogP contribution is 2.17. The number of carboxylic acid groups (broad SMARTS) is 1. The van der Waals surface area contributed by atoms with Gasteiger partial charge in [-0.1, -0.05) is 6.42 Å². The highest BCUT2D eigenvalue weighted by atomic mass is 16.7. The predicted octanol–water partition coefficient (Wildman–Crippen LogP) is 2.56. The largest absolute Gasteiger partial charge is 0.481 e. The molecule has 0 aromatic rings. The lowest BCUT2D eigenvalue weighted by atomic mass is 10.1. The molecular formula is C12H22O4. The lowest BCUT2D eigenvalue weighted by molar-refractivity contribution is -0.185. The molecule has 0 aromatic heterocycles. The van der Waals surface area contributed by atoms with Crippen molar-refractivity contribution in [2.24, 2.45) is 0 Å². The molecule has 4 nitrogen and oxygen atoms in total. The Labute approximate surface area is 96.9 Å². The van der Waals surface area contributed by atoms with Crippen LogP contribution in [0.4, 0.5) is 0 Å². The van der Waals surface area contributed by atoms with Crippen LogP contribution < -0.4 is 0 Å². The third-order valence-electron chi connectivity index (χ3n) is 2.77. The molecule has 1 N–H and O–H groups in total. The first-order valence-corrected chi connectivity index (χ1v) is 6.17. The van der Waals surface area contributed by atoms with Crippen molar-refractivity contribution in [3.63, 3.8) is 0 Å². The molecule has 0 saturated carbocycles. The molecule has 1 aliphatic rings. The number of carboxylic acids is 1. The Kier molecular flexibility index (Phi) is 6.42. The number of rotatable bonds is 7. The molecule has 0 aliphatic carbocycles. The molecule has 94 valence electrons. The van der Waals surface area contributed by atoms with Crippen LogP contribution in [0.25, 0.3) is 0 Å². The number of ether oxygens (including phenoxy) is 2. The van der Waals surface area contributed by atoms with Crippen LogP contribution in [-0.4, -0.2) is 30.1 Å². The van der Waals surface area contributed by atoms with E-state index in [1.165, 1.54) is 6.42 Å². The number of hydrogen-bond donors (Lipinski definition) is 1. The SMILES string of the molecule is C[C@H](CCCCC(=O)O)OC1CCCCO1. The molecule has 1 fully saturated rings. The fourth-order valence-corrected chi connectivity index (χ4v) is 1.85. The van der Waals surface area contributed by atoms with Gasteiger partial charge in [-0.2, -0.15) is 0 Å². The summed E-state index contributed by atoms with van der Waals surface area (Å²) >= 11 is 0. The summed E-state index contributed by atoms with van der Waals surface area (Å²) in [5.74, 6) is -0.718. The minimum Gasteiger partial charge on any atom is -0.481 e. The van der Waals surface area contributed by atoms with E-state index in [2.05, 4.69) is 0 Å². The molecule has 0 radical (unpaired) electrons. The van der Waals surface area contributed by atoms with Gasteiger partial charge in [-0.3, -0.25) is 4.79 Å². The van der Waals surface area contributed by atoms with Crippen LogP contribution >= 0.6 is 0 Å². The van der Waals surface area contributed by atoms with Gasteiger partial charge in [-0.15, -0.1) is 0 Å². The summed E-state index contributed by atoms with van der Waals surface area (Å²) in [5.41, 5.74) is 0. The second-order valence-electron chi connectivity index (χ2n) is 4.38. The van der Waals surface area contributed by atoms with Crippen LogP contribution in [0.5, 0.6) is 0 Å². The first-order valence-electron chi connectivity index (χ1n) is 6.17. The number of hydrogen-bond acceptors (Lipinski definition) is 3. The molecule has 0 bridgehead atoms. The fraction of sp³-hybridized carbons (Fsp3) is 0.917. The van der Waals surface area contributed by atoms with E-state index in [-0.39, 0.29) is 18.8 Å². The van der Waals surface area contributed by atoms with Crippen molar-refractivity contribution in [2.45, 2.75) is 64.3 Å². The van der Waals surface area contributed by atoms with E-state index in [9.17, 15) is 4.79 Å². The van der Waals surface area contributed by atoms with Crippen molar-refractivity contribution in [1.82, 2.24) is 0 Å². The third-order valence-corrected chi connectivity index (χ3v) is 2.77. The predicted molar refractivity (Wildman–Crippen MR) is 60.2 cm³/mol. The Morgan fingerprint density at radius 2 is 2.31 bits per heavy atom. The summed E-state index contributed by atoms with van der Waals surface area (Å²) in [7, 11) is 0. The molecule has 0 spiro atoms. The maximum atomic E-state index is 10.3. The number of unbranched alkanes of at least 4 members (excludes halogenated alkanes) is 1. The van der Waals surface area contributed by atoms with E-state index >= 15 is 0 Å².